The summed E-state index contributed by atoms with van der Waals surface area (Å²) in [5.41, 5.74) is 2.54. The molecule has 0 spiro atoms. The highest BCUT2D eigenvalue weighted by Crippen LogP contribution is 2.52. The first-order valence-electron chi connectivity index (χ1n) is 28.1. The monoisotopic (exact) mass is 1160 g/mol. The Morgan fingerprint density at radius 2 is 0.561 bits per heavy atom. The molecule has 0 fully saturated rings. The fourth-order valence-corrected chi connectivity index (χ4v) is 10.2. The summed E-state index contributed by atoms with van der Waals surface area (Å²) >= 11 is 0. The molecule has 444 valence electrons. The lowest BCUT2D eigenvalue weighted by Gasteiger charge is -2.39. The highest BCUT2D eigenvalue weighted by atomic mass is 19.4. The van der Waals surface area contributed by atoms with Crippen LogP contribution in [0.25, 0.3) is 0 Å². The molecule has 1 atom stereocenters. The molecule has 0 aromatic heterocycles. The highest BCUT2D eigenvalue weighted by Gasteiger charge is 2.61. The Hall–Kier alpha value is -6.46. The van der Waals surface area contributed by atoms with Crippen LogP contribution in [-0.4, -0.2) is 64.3 Å². The molecule has 16 heteroatoms. The van der Waals surface area contributed by atoms with Crippen LogP contribution in [0.3, 0.4) is 0 Å². The summed E-state index contributed by atoms with van der Waals surface area (Å²) < 4.78 is 161. The third kappa shape index (κ3) is 18.0. The maximum absolute atomic E-state index is 14.4. The molecule has 4 nitrogen and oxygen atoms in total. The van der Waals surface area contributed by atoms with E-state index in [1.807, 2.05) is 58.0 Å². The molecule has 0 saturated heterocycles. The lowest BCUT2D eigenvalue weighted by molar-refractivity contribution is -0.241. The van der Waals surface area contributed by atoms with Crippen molar-refractivity contribution in [3.05, 3.63) is 218 Å². The predicted octanol–water partition coefficient (Wildman–Crippen LogP) is 21.2. The Bertz CT molecular complexity index is 2670. The molecule has 0 heterocycles. The minimum atomic E-state index is -4.54. The minimum absolute atomic E-state index is 0.0337. The van der Waals surface area contributed by atoms with E-state index in [-0.39, 0.29) is 53.4 Å². The number of benzene rings is 7. The van der Waals surface area contributed by atoms with E-state index in [4.69, 9.17) is 0 Å². The molecule has 0 aliphatic rings. The molecule has 0 amide bonds. The van der Waals surface area contributed by atoms with Crippen molar-refractivity contribution in [2.75, 3.05) is 39.3 Å². The van der Waals surface area contributed by atoms with Crippen LogP contribution in [0.4, 0.5) is 86.8 Å². The summed E-state index contributed by atoms with van der Waals surface area (Å²) in [4.78, 5) is 0. The van der Waals surface area contributed by atoms with Crippen LogP contribution < -0.4 is 17.9 Å². The predicted molar refractivity (Wildman–Crippen MR) is 314 cm³/mol. The quantitative estimate of drug-likeness (QED) is 0.0360. The number of nitrogens with zero attached hydrogens (tertiary/aromatic N) is 4. The van der Waals surface area contributed by atoms with Crippen molar-refractivity contribution in [2.45, 2.75) is 118 Å². The fraction of sp³-hybridized carbons (Fsp3) is 0.364. The van der Waals surface area contributed by atoms with Gasteiger partial charge in [0.2, 0.25) is 0 Å². The van der Waals surface area contributed by atoms with E-state index in [0.29, 0.717) is 37.2 Å². The maximum atomic E-state index is 14.4. The number of hydrogen-bond donors (Lipinski definition) is 0. The Balaban J connectivity index is 0.000000236. The molecule has 0 N–H and O–H groups in total. The van der Waals surface area contributed by atoms with Gasteiger partial charge in [-0.05, 0) is 69.0 Å². The summed E-state index contributed by atoms with van der Waals surface area (Å²) in [7, 11) is 0. The number of para-hydroxylation sites is 6. The largest absolute Gasteiger partial charge is 0.576 e. The topological polar surface area (TPSA) is 0 Å². The van der Waals surface area contributed by atoms with Crippen molar-refractivity contribution in [3.63, 3.8) is 0 Å². The van der Waals surface area contributed by atoms with E-state index in [0.717, 1.165) is 44.2 Å². The first kappa shape index (κ1) is 68.0. The van der Waals surface area contributed by atoms with Gasteiger partial charge in [0.1, 0.15) is 23.6 Å². The molecular formula is C66H80F12N4+4. The normalized spacial score (nSPS) is 13.0. The highest BCUT2D eigenvalue weighted by molar-refractivity contribution is 5.71. The van der Waals surface area contributed by atoms with Gasteiger partial charge in [0.05, 0.1) is 32.7 Å². The van der Waals surface area contributed by atoms with Crippen molar-refractivity contribution >= 4 is 34.1 Å². The van der Waals surface area contributed by atoms with Crippen LogP contribution in [0.15, 0.2) is 212 Å². The zero-order valence-corrected chi connectivity index (χ0v) is 47.6. The standard InChI is InChI=1S/C19H15F3N.C16H17F3N.C16H25F3N.C15H23F3N/c20-19(21,22)23(16-10-4-1-5-11-16,17-12-6-2-7-13-17)18-14-8-3-9-15-18;1-2-20(16(17,18)19,15-11-7-4-8-12-15)13-14-9-5-3-6-10-14;1-3-5-12-20(13-6-4-2,14-16(17,18)19)15-10-8-7-9-11-15;1-3-5-12-19(13-6-4-2,15(16,17)18)14-10-8-7-9-11-14/h1-15H;3-12H,2,13H2,1H3;7-11H,3-6,12-14H2,1-2H3;7-11H,3-6,12-13H2,1-2H3/q4*+1. The lowest BCUT2D eigenvalue weighted by atomic mass is 10.1. The zero-order valence-electron chi connectivity index (χ0n) is 47.6. The molecule has 0 radical (unpaired) electrons. The number of hydrogen-bond acceptors (Lipinski definition) is 0. The molecular weight excluding hydrogens is 1080 g/mol. The Morgan fingerprint density at radius 1 is 0.293 bits per heavy atom. The Kier molecular flexibility index (Phi) is 26.4. The van der Waals surface area contributed by atoms with Crippen molar-refractivity contribution in [3.8, 4) is 0 Å². The van der Waals surface area contributed by atoms with Gasteiger partial charge in [-0.25, -0.2) is 0 Å². The van der Waals surface area contributed by atoms with Crippen molar-refractivity contribution in [2.24, 2.45) is 0 Å². The SMILES string of the molecule is CCCC[N+](CCCC)(CC(F)(F)F)c1ccccc1.CCCC[N+](CCCC)(c1ccccc1)C(F)(F)F.CC[N+](Cc1ccccc1)(c1ccccc1)C(F)(F)F.FC(F)(F)[N+](c1ccccc1)(c1ccccc1)c1ccccc1. The van der Waals surface area contributed by atoms with Gasteiger partial charge in [0, 0.05) is 42.0 Å². The number of alkyl halides is 12. The van der Waals surface area contributed by atoms with E-state index < -0.39 is 45.1 Å². The van der Waals surface area contributed by atoms with Gasteiger partial charge in [-0.2, -0.15) is 22.1 Å². The van der Waals surface area contributed by atoms with Crippen LogP contribution in [0.5, 0.6) is 0 Å². The van der Waals surface area contributed by atoms with Gasteiger partial charge < -0.3 is 0 Å². The second-order valence-electron chi connectivity index (χ2n) is 20.2. The second-order valence-corrected chi connectivity index (χ2v) is 20.2. The zero-order chi connectivity index (χ0) is 60.4. The first-order valence-corrected chi connectivity index (χ1v) is 28.1. The summed E-state index contributed by atoms with van der Waals surface area (Å²) in [6.07, 6.45) is -11.1. The lowest BCUT2D eigenvalue weighted by Crippen LogP contribution is -2.60. The van der Waals surface area contributed by atoms with Crippen LogP contribution in [0.2, 0.25) is 0 Å². The second kappa shape index (κ2) is 31.8. The molecule has 0 aliphatic heterocycles. The maximum Gasteiger partial charge on any atom is 0.576 e. The molecule has 1 unspecified atom stereocenters. The molecule has 7 aromatic rings. The van der Waals surface area contributed by atoms with Gasteiger partial charge >= 0.3 is 25.1 Å². The molecule has 0 aliphatic carbocycles. The van der Waals surface area contributed by atoms with Crippen molar-refractivity contribution < 1.29 is 52.7 Å². The minimum Gasteiger partial charge on any atom is -0.284 e. The van der Waals surface area contributed by atoms with Gasteiger partial charge in [-0.3, -0.25) is 4.48 Å². The van der Waals surface area contributed by atoms with E-state index in [1.54, 1.807) is 153 Å². The molecule has 7 rings (SSSR count). The van der Waals surface area contributed by atoms with E-state index >= 15 is 0 Å². The first-order chi connectivity index (χ1) is 39.0. The summed E-state index contributed by atoms with van der Waals surface area (Å²) in [5.74, 6) is 0. The molecule has 0 bridgehead atoms. The van der Waals surface area contributed by atoms with E-state index in [1.165, 1.54) is 36.4 Å². The van der Waals surface area contributed by atoms with Crippen LogP contribution >= 0.6 is 0 Å². The summed E-state index contributed by atoms with van der Waals surface area (Å²) in [6.45, 7) is 9.94. The number of unbranched alkanes of at least 4 members (excludes halogenated alkanes) is 4. The fourth-order valence-electron chi connectivity index (χ4n) is 10.2. The number of halogens is 12. The van der Waals surface area contributed by atoms with E-state index in [9.17, 15) is 52.7 Å². The number of quaternary nitrogens is 4. The van der Waals surface area contributed by atoms with Gasteiger partial charge in [0.15, 0.2) is 23.6 Å². The van der Waals surface area contributed by atoms with Crippen LogP contribution in [0, 0.1) is 0 Å². The molecule has 0 saturated carbocycles. The average Bonchev–Trinajstić information content (AvgIpc) is 1.67. The molecule has 7 aromatic carbocycles. The average molecular weight is 1160 g/mol. The van der Waals surface area contributed by atoms with Gasteiger partial charge in [-0.1, -0.05) is 193 Å². The molecule has 82 heavy (non-hydrogen) atoms. The smallest absolute Gasteiger partial charge is 0.284 e. The van der Waals surface area contributed by atoms with Gasteiger partial charge in [0.25, 0.3) is 0 Å². The van der Waals surface area contributed by atoms with E-state index in [2.05, 4.69) is 0 Å². The van der Waals surface area contributed by atoms with Crippen LogP contribution in [-0.2, 0) is 6.54 Å². The van der Waals surface area contributed by atoms with Crippen molar-refractivity contribution in [1.82, 2.24) is 17.9 Å². The summed E-state index contributed by atoms with van der Waals surface area (Å²) in [6, 6.07) is 58.3. The van der Waals surface area contributed by atoms with Gasteiger partial charge in [-0.15, -0.1) is 44.0 Å². The third-order valence-electron chi connectivity index (χ3n) is 14.6. The summed E-state index contributed by atoms with van der Waals surface area (Å²) in [5, 5.41) is 0. The van der Waals surface area contributed by atoms with Crippen molar-refractivity contribution in [1.29, 1.82) is 0 Å². The number of rotatable bonds is 22. The Morgan fingerprint density at radius 3 is 0.829 bits per heavy atom. The van der Waals surface area contributed by atoms with Crippen LogP contribution in [0.1, 0.15) is 91.5 Å². The Labute approximate surface area is 477 Å². The third-order valence-corrected chi connectivity index (χ3v) is 14.6.